The SMILES string of the molecule is CCn1nnc2cc(C(=O)Oc3cccc(I)c3)ccc21. The molecule has 0 bridgehead atoms. The minimum absolute atomic E-state index is 0.398. The van der Waals surface area contributed by atoms with Gasteiger partial charge in [0.2, 0.25) is 0 Å². The highest BCUT2D eigenvalue weighted by Gasteiger charge is 2.12. The third-order valence-corrected chi connectivity index (χ3v) is 3.73. The predicted molar refractivity (Wildman–Crippen MR) is 87.3 cm³/mol. The molecule has 0 aliphatic heterocycles. The van der Waals surface area contributed by atoms with Gasteiger partial charge in [-0.1, -0.05) is 11.3 Å². The molecule has 6 heteroatoms. The molecule has 0 N–H and O–H groups in total. The molecular weight excluding hydrogens is 381 g/mol. The van der Waals surface area contributed by atoms with Crippen molar-refractivity contribution >= 4 is 39.6 Å². The Hall–Kier alpha value is -1.96. The quantitative estimate of drug-likeness (QED) is 0.390. The van der Waals surface area contributed by atoms with Gasteiger partial charge in [-0.15, -0.1) is 5.10 Å². The zero-order valence-electron chi connectivity index (χ0n) is 11.3. The number of nitrogens with zero attached hydrogens (tertiary/aromatic N) is 3. The molecule has 0 aliphatic carbocycles. The summed E-state index contributed by atoms with van der Waals surface area (Å²) in [5.41, 5.74) is 2.06. The van der Waals surface area contributed by atoms with Gasteiger partial charge < -0.3 is 4.74 Å². The topological polar surface area (TPSA) is 57.0 Å². The van der Waals surface area contributed by atoms with Crippen molar-refractivity contribution in [3.05, 3.63) is 51.6 Å². The first kappa shape index (κ1) is 14.0. The molecule has 0 unspecified atom stereocenters. The van der Waals surface area contributed by atoms with Crippen LogP contribution in [0, 0.1) is 3.57 Å². The van der Waals surface area contributed by atoms with Crippen LogP contribution in [0.2, 0.25) is 0 Å². The molecule has 0 saturated heterocycles. The molecule has 0 radical (unpaired) electrons. The van der Waals surface area contributed by atoms with Crippen LogP contribution in [0.3, 0.4) is 0 Å². The Balaban J connectivity index is 1.87. The minimum Gasteiger partial charge on any atom is -0.423 e. The molecule has 0 fully saturated rings. The average Bonchev–Trinajstić information content (AvgIpc) is 2.89. The van der Waals surface area contributed by atoms with Gasteiger partial charge in [0.1, 0.15) is 11.3 Å². The van der Waals surface area contributed by atoms with Gasteiger partial charge in [0.25, 0.3) is 0 Å². The summed E-state index contributed by atoms with van der Waals surface area (Å²) in [6.45, 7) is 2.73. The Bertz CT molecular complexity index is 814. The Labute approximate surface area is 135 Å². The fourth-order valence-electron chi connectivity index (χ4n) is 2.03. The highest BCUT2D eigenvalue weighted by molar-refractivity contribution is 14.1. The number of aryl methyl sites for hydroxylation is 1. The van der Waals surface area contributed by atoms with E-state index in [9.17, 15) is 4.79 Å². The molecular formula is C15H12IN3O2. The van der Waals surface area contributed by atoms with E-state index >= 15 is 0 Å². The second-order valence-electron chi connectivity index (χ2n) is 4.46. The predicted octanol–water partition coefficient (Wildman–Crippen LogP) is 3.28. The Kier molecular flexibility index (Phi) is 3.87. The number of aromatic nitrogens is 3. The summed E-state index contributed by atoms with van der Waals surface area (Å²) in [4.78, 5) is 12.2. The number of hydrogen-bond donors (Lipinski definition) is 0. The maximum absolute atomic E-state index is 12.2. The number of fused-ring (bicyclic) bond motifs is 1. The van der Waals surface area contributed by atoms with Crippen molar-refractivity contribution in [2.75, 3.05) is 0 Å². The van der Waals surface area contributed by atoms with Crippen LogP contribution in [-0.2, 0) is 6.54 Å². The van der Waals surface area contributed by atoms with Gasteiger partial charge in [-0.3, -0.25) is 0 Å². The highest BCUT2D eigenvalue weighted by Crippen LogP contribution is 2.18. The molecule has 21 heavy (non-hydrogen) atoms. The van der Waals surface area contributed by atoms with E-state index in [1.165, 1.54) is 0 Å². The lowest BCUT2D eigenvalue weighted by Crippen LogP contribution is -2.08. The monoisotopic (exact) mass is 393 g/mol. The summed E-state index contributed by atoms with van der Waals surface area (Å²) >= 11 is 2.17. The van der Waals surface area contributed by atoms with Gasteiger partial charge in [0.05, 0.1) is 11.1 Å². The van der Waals surface area contributed by atoms with E-state index in [2.05, 4.69) is 32.9 Å². The van der Waals surface area contributed by atoms with Crippen molar-refractivity contribution in [2.45, 2.75) is 13.5 Å². The zero-order chi connectivity index (χ0) is 14.8. The maximum Gasteiger partial charge on any atom is 0.343 e. The Morgan fingerprint density at radius 3 is 2.90 bits per heavy atom. The van der Waals surface area contributed by atoms with Crippen molar-refractivity contribution in [1.82, 2.24) is 15.0 Å². The summed E-state index contributed by atoms with van der Waals surface area (Å²) in [5.74, 6) is 0.133. The second kappa shape index (κ2) is 5.80. The Morgan fingerprint density at radius 2 is 2.14 bits per heavy atom. The van der Waals surface area contributed by atoms with Crippen LogP contribution in [0.1, 0.15) is 17.3 Å². The summed E-state index contributed by atoms with van der Waals surface area (Å²) in [5, 5.41) is 8.08. The molecule has 5 nitrogen and oxygen atoms in total. The minimum atomic E-state index is -0.398. The number of benzene rings is 2. The molecule has 0 amide bonds. The summed E-state index contributed by atoms with van der Waals surface area (Å²) in [6.07, 6.45) is 0. The van der Waals surface area contributed by atoms with Crippen LogP contribution < -0.4 is 4.74 Å². The van der Waals surface area contributed by atoms with Crippen molar-refractivity contribution in [3.8, 4) is 5.75 Å². The lowest BCUT2D eigenvalue weighted by molar-refractivity contribution is 0.0735. The molecule has 0 saturated carbocycles. The smallest absolute Gasteiger partial charge is 0.343 e. The van der Waals surface area contributed by atoms with E-state index in [1.54, 1.807) is 22.9 Å². The number of halogens is 1. The lowest BCUT2D eigenvalue weighted by atomic mass is 10.2. The molecule has 1 aromatic heterocycles. The van der Waals surface area contributed by atoms with Gasteiger partial charge in [-0.2, -0.15) is 0 Å². The molecule has 0 spiro atoms. The third-order valence-electron chi connectivity index (χ3n) is 3.06. The molecule has 2 aromatic carbocycles. The van der Waals surface area contributed by atoms with Gasteiger partial charge >= 0.3 is 5.97 Å². The van der Waals surface area contributed by atoms with E-state index < -0.39 is 5.97 Å². The van der Waals surface area contributed by atoms with Crippen LogP contribution >= 0.6 is 22.6 Å². The van der Waals surface area contributed by atoms with E-state index in [1.807, 2.05) is 31.2 Å². The fraction of sp³-hybridized carbons (Fsp3) is 0.133. The number of carbonyl (C=O) groups excluding carboxylic acids is 1. The second-order valence-corrected chi connectivity index (χ2v) is 5.70. The van der Waals surface area contributed by atoms with Crippen LogP contribution in [0.4, 0.5) is 0 Å². The van der Waals surface area contributed by atoms with Crippen LogP contribution in [0.25, 0.3) is 11.0 Å². The van der Waals surface area contributed by atoms with Crippen molar-refractivity contribution in [2.24, 2.45) is 0 Å². The molecule has 3 aromatic rings. The largest absolute Gasteiger partial charge is 0.423 e. The van der Waals surface area contributed by atoms with Gasteiger partial charge in [0.15, 0.2) is 0 Å². The number of hydrogen-bond acceptors (Lipinski definition) is 4. The lowest BCUT2D eigenvalue weighted by Gasteiger charge is -2.04. The molecule has 0 aliphatic rings. The summed E-state index contributed by atoms with van der Waals surface area (Å²) in [6, 6.07) is 12.6. The first-order valence-electron chi connectivity index (χ1n) is 6.48. The zero-order valence-corrected chi connectivity index (χ0v) is 13.4. The first-order chi connectivity index (χ1) is 10.2. The van der Waals surface area contributed by atoms with E-state index in [4.69, 9.17) is 4.74 Å². The summed E-state index contributed by atoms with van der Waals surface area (Å²) in [7, 11) is 0. The molecule has 106 valence electrons. The molecule has 3 rings (SSSR count). The fourth-order valence-corrected chi connectivity index (χ4v) is 2.54. The standard InChI is InChI=1S/C15H12IN3O2/c1-2-19-14-7-6-10(8-13(14)17-18-19)15(20)21-12-5-3-4-11(16)9-12/h3-9H,2H2,1H3. The van der Waals surface area contributed by atoms with E-state index in [0.717, 1.165) is 15.6 Å². The van der Waals surface area contributed by atoms with E-state index in [-0.39, 0.29) is 0 Å². The maximum atomic E-state index is 12.2. The number of carbonyl (C=O) groups is 1. The highest BCUT2D eigenvalue weighted by atomic mass is 127. The van der Waals surface area contributed by atoms with E-state index in [0.29, 0.717) is 16.8 Å². The number of rotatable bonds is 3. The van der Waals surface area contributed by atoms with Gasteiger partial charge in [0, 0.05) is 10.1 Å². The average molecular weight is 393 g/mol. The van der Waals surface area contributed by atoms with Crippen molar-refractivity contribution < 1.29 is 9.53 Å². The molecule has 0 atom stereocenters. The molecule has 1 heterocycles. The van der Waals surface area contributed by atoms with Crippen molar-refractivity contribution in [3.63, 3.8) is 0 Å². The normalized spacial score (nSPS) is 10.8. The third kappa shape index (κ3) is 2.90. The first-order valence-corrected chi connectivity index (χ1v) is 7.56. The van der Waals surface area contributed by atoms with Gasteiger partial charge in [-0.05, 0) is 65.9 Å². The van der Waals surface area contributed by atoms with Gasteiger partial charge in [-0.25, -0.2) is 9.48 Å². The Morgan fingerprint density at radius 1 is 1.29 bits per heavy atom. The van der Waals surface area contributed by atoms with Crippen LogP contribution in [-0.4, -0.2) is 21.0 Å². The van der Waals surface area contributed by atoms with Crippen LogP contribution in [0.5, 0.6) is 5.75 Å². The van der Waals surface area contributed by atoms with Crippen molar-refractivity contribution in [1.29, 1.82) is 0 Å². The van der Waals surface area contributed by atoms with Crippen LogP contribution in [0.15, 0.2) is 42.5 Å². The number of ether oxygens (including phenoxy) is 1. The number of esters is 1. The summed E-state index contributed by atoms with van der Waals surface area (Å²) < 4.78 is 8.16.